The van der Waals surface area contributed by atoms with Gasteiger partial charge in [-0.25, -0.2) is 8.42 Å². The maximum absolute atomic E-state index is 13.1. The van der Waals surface area contributed by atoms with Crippen molar-refractivity contribution < 1.29 is 18.0 Å². The SMILES string of the molecule is CN(C)CC1CCc2cc(NC(=O)c3ccc4c(c3)S(=O)(=O)c3ccccc3C4=O)ccc2C1. The largest absolute Gasteiger partial charge is 0.322 e. The summed E-state index contributed by atoms with van der Waals surface area (Å²) < 4.78 is 26.3. The fraction of sp³-hybridized carbons (Fsp3) is 0.259. The predicted molar refractivity (Wildman–Crippen MR) is 130 cm³/mol. The standard InChI is InChI=1S/C27H26N2O4S/c1-29(2)16-17-7-8-19-14-21(11-9-18(19)13-17)28-27(31)20-10-12-23-25(15-20)34(32,33)24-6-4-3-5-22(24)26(23)30/h3-6,9-12,14-15,17H,7-8,13,16H2,1-2H3,(H,28,31). The first-order valence-corrected chi connectivity index (χ1v) is 12.8. The van der Waals surface area contributed by atoms with E-state index in [0.29, 0.717) is 11.6 Å². The highest BCUT2D eigenvalue weighted by atomic mass is 32.2. The van der Waals surface area contributed by atoms with Gasteiger partial charge in [0, 0.05) is 28.9 Å². The van der Waals surface area contributed by atoms with Crippen molar-refractivity contribution in [2.75, 3.05) is 26.0 Å². The number of carbonyl (C=O) groups is 2. The first kappa shape index (κ1) is 22.5. The minimum Gasteiger partial charge on any atom is -0.322 e. The Morgan fingerprint density at radius 3 is 2.53 bits per heavy atom. The molecule has 0 saturated carbocycles. The van der Waals surface area contributed by atoms with Crippen LogP contribution in [-0.4, -0.2) is 45.6 Å². The maximum Gasteiger partial charge on any atom is 0.255 e. The lowest BCUT2D eigenvalue weighted by atomic mass is 9.83. The van der Waals surface area contributed by atoms with Crippen LogP contribution >= 0.6 is 0 Å². The lowest BCUT2D eigenvalue weighted by Crippen LogP contribution is -2.26. The Bertz CT molecular complexity index is 1430. The van der Waals surface area contributed by atoms with Crippen LogP contribution in [0, 0.1) is 5.92 Å². The molecule has 6 nitrogen and oxygen atoms in total. The Hall–Kier alpha value is -3.29. The van der Waals surface area contributed by atoms with Gasteiger partial charge in [0.2, 0.25) is 9.84 Å². The van der Waals surface area contributed by atoms with Gasteiger partial charge in [-0.05, 0) is 92.9 Å². The fourth-order valence-corrected chi connectivity index (χ4v) is 6.69. The number of anilines is 1. The van der Waals surface area contributed by atoms with Crippen LogP contribution in [0.2, 0.25) is 0 Å². The molecule has 5 rings (SSSR count). The van der Waals surface area contributed by atoms with E-state index in [2.05, 4.69) is 30.4 Å². The van der Waals surface area contributed by atoms with Gasteiger partial charge in [0.15, 0.2) is 5.78 Å². The Balaban J connectivity index is 1.39. The Kier molecular flexibility index (Phi) is 5.62. The molecule has 0 saturated heterocycles. The minimum atomic E-state index is -3.89. The molecule has 1 amide bonds. The lowest BCUT2D eigenvalue weighted by molar-refractivity contribution is 0.101. The van der Waals surface area contributed by atoms with E-state index < -0.39 is 15.7 Å². The fourth-order valence-electron chi connectivity index (χ4n) is 5.01. The summed E-state index contributed by atoms with van der Waals surface area (Å²) in [6, 6.07) is 16.4. The molecule has 0 fully saturated rings. The number of aryl methyl sites for hydroxylation is 1. The van der Waals surface area contributed by atoms with E-state index in [1.54, 1.807) is 12.1 Å². The van der Waals surface area contributed by atoms with Gasteiger partial charge in [0.25, 0.3) is 5.91 Å². The van der Waals surface area contributed by atoms with Crippen molar-refractivity contribution in [2.24, 2.45) is 5.92 Å². The summed E-state index contributed by atoms with van der Waals surface area (Å²) in [5.41, 5.74) is 3.68. The number of fused-ring (bicyclic) bond motifs is 3. The zero-order chi connectivity index (χ0) is 24.0. The highest BCUT2D eigenvalue weighted by molar-refractivity contribution is 7.91. The molecule has 1 aliphatic carbocycles. The monoisotopic (exact) mass is 474 g/mol. The minimum absolute atomic E-state index is 0.0210. The van der Waals surface area contributed by atoms with Crippen molar-refractivity contribution in [3.05, 3.63) is 88.5 Å². The number of hydrogen-bond acceptors (Lipinski definition) is 5. The Morgan fingerprint density at radius 1 is 0.971 bits per heavy atom. The maximum atomic E-state index is 13.1. The summed E-state index contributed by atoms with van der Waals surface area (Å²) in [6.45, 7) is 1.06. The average Bonchev–Trinajstić information content (AvgIpc) is 2.82. The molecule has 7 heteroatoms. The van der Waals surface area contributed by atoms with E-state index in [9.17, 15) is 18.0 Å². The highest BCUT2D eigenvalue weighted by Gasteiger charge is 2.35. The van der Waals surface area contributed by atoms with E-state index in [-0.39, 0.29) is 32.3 Å². The van der Waals surface area contributed by atoms with Crippen LogP contribution in [0.5, 0.6) is 0 Å². The lowest BCUT2D eigenvalue weighted by Gasteiger charge is -2.27. The van der Waals surface area contributed by atoms with Gasteiger partial charge >= 0.3 is 0 Å². The third kappa shape index (κ3) is 3.95. The number of hydrogen-bond donors (Lipinski definition) is 1. The smallest absolute Gasteiger partial charge is 0.255 e. The van der Waals surface area contributed by atoms with Gasteiger partial charge in [-0.15, -0.1) is 0 Å². The molecule has 1 aliphatic heterocycles. The number of nitrogens with zero attached hydrogens (tertiary/aromatic N) is 1. The van der Waals surface area contributed by atoms with E-state index >= 15 is 0 Å². The molecule has 0 aromatic heterocycles. The van der Waals surface area contributed by atoms with E-state index in [1.165, 1.54) is 41.5 Å². The van der Waals surface area contributed by atoms with Crippen molar-refractivity contribution in [1.82, 2.24) is 4.90 Å². The Labute approximate surface area is 199 Å². The average molecular weight is 475 g/mol. The van der Waals surface area contributed by atoms with E-state index in [0.717, 1.165) is 25.8 Å². The topological polar surface area (TPSA) is 83.6 Å². The predicted octanol–water partition coefficient (Wildman–Crippen LogP) is 3.98. The van der Waals surface area contributed by atoms with Crippen molar-refractivity contribution in [1.29, 1.82) is 0 Å². The van der Waals surface area contributed by atoms with Gasteiger partial charge in [0.05, 0.1) is 9.79 Å². The number of benzene rings is 3. The second-order valence-corrected chi connectivity index (χ2v) is 11.2. The van der Waals surface area contributed by atoms with Crippen LogP contribution in [-0.2, 0) is 22.7 Å². The summed E-state index contributed by atoms with van der Waals surface area (Å²) in [5.74, 6) is -0.131. The number of ketones is 1. The molecule has 0 bridgehead atoms. The molecule has 0 spiro atoms. The third-order valence-electron chi connectivity index (χ3n) is 6.62. The van der Waals surface area contributed by atoms with Gasteiger partial charge in [-0.1, -0.05) is 18.2 Å². The molecule has 1 N–H and O–H groups in total. The molecule has 1 atom stereocenters. The highest BCUT2D eigenvalue weighted by Crippen LogP contribution is 2.35. The van der Waals surface area contributed by atoms with Crippen LogP contribution in [0.1, 0.15) is 43.8 Å². The van der Waals surface area contributed by atoms with Crippen molar-refractivity contribution in [3.8, 4) is 0 Å². The van der Waals surface area contributed by atoms with Crippen molar-refractivity contribution in [3.63, 3.8) is 0 Å². The second-order valence-electron chi connectivity index (χ2n) is 9.35. The number of nitrogens with one attached hydrogen (secondary N) is 1. The third-order valence-corrected chi connectivity index (χ3v) is 8.47. The first-order valence-electron chi connectivity index (χ1n) is 11.3. The van der Waals surface area contributed by atoms with Crippen LogP contribution in [0.3, 0.4) is 0 Å². The molecule has 0 radical (unpaired) electrons. The first-order chi connectivity index (χ1) is 16.2. The zero-order valence-electron chi connectivity index (χ0n) is 19.2. The molecule has 1 unspecified atom stereocenters. The number of amides is 1. The molecular formula is C27H26N2O4S. The summed E-state index contributed by atoms with van der Waals surface area (Å²) in [5, 5.41) is 2.89. The van der Waals surface area contributed by atoms with Crippen LogP contribution < -0.4 is 5.32 Å². The number of rotatable bonds is 4. The van der Waals surface area contributed by atoms with Crippen molar-refractivity contribution in [2.45, 2.75) is 29.1 Å². The van der Waals surface area contributed by atoms with Crippen LogP contribution in [0.25, 0.3) is 0 Å². The normalized spacial score (nSPS) is 18.1. The zero-order valence-corrected chi connectivity index (χ0v) is 20.0. The quantitative estimate of drug-likeness (QED) is 0.484. The van der Waals surface area contributed by atoms with E-state index in [4.69, 9.17) is 0 Å². The summed E-state index contributed by atoms with van der Waals surface area (Å²) in [7, 11) is 0.291. The molecular weight excluding hydrogens is 448 g/mol. The summed E-state index contributed by atoms with van der Waals surface area (Å²) in [6.07, 6.45) is 3.11. The number of carbonyl (C=O) groups excluding carboxylic acids is 2. The summed E-state index contributed by atoms with van der Waals surface area (Å²) in [4.78, 5) is 27.9. The van der Waals surface area contributed by atoms with Gasteiger partial charge in [0.1, 0.15) is 0 Å². The molecule has 2 aliphatic rings. The van der Waals surface area contributed by atoms with Crippen molar-refractivity contribution >= 4 is 27.2 Å². The van der Waals surface area contributed by atoms with Crippen LogP contribution in [0.4, 0.5) is 5.69 Å². The molecule has 1 heterocycles. The molecule has 3 aromatic rings. The van der Waals surface area contributed by atoms with E-state index in [1.807, 2.05) is 12.1 Å². The van der Waals surface area contributed by atoms with Crippen LogP contribution in [0.15, 0.2) is 70.5 Å². The van der Waals surface area contributed by atoms with Gasteiger partial charge < -0.3 is 10.2 Å². The molecule has 3 aromatic carbocycles. The molecule has 34 heavy (non-hydrogen) atoms. The number of sulfone groups is 1. The summed E-state index contributed by atoms with van der Waals surface area (Å²) >= 11 is 0. The van der Waals surface area contributed by atoms with Gasteiger partial charge in [-0.2, -0.15) is 0 Å². The Morgan fingerprint density at radius 2 is 1.74 bits per heavy atom. The molecule has 174 valence electrons. The van der Waals surface area contributed by atoms with Gasteiger partial charge in [-0.3, -0.25) is 9.59 Å². The second kappa shape index (κ2) is 8.49.